The van der Waals surface area contributed by atoms with Crippen LogP contribution in [0.1, 0.15) is 35.1 Å². The lowest BCUT2D eigenvalue weighted by atomic mass is 9.78. The highest BCUT2D eigenvalue weighted by Gasteiger charge is 2.33. The Labute approximate surface area is 241 Å². The predicted molar refractivity (Wildman–Crippen MR) is 156 cm³/mol. The van der Waals surface area contributed by atoms with Gasteiger partial charge in [0.15, 0.2) is 0 Å². The van der Waals surface area contributed by atoms with Gasteiger partial charge in [0, 0.05) is 12.1 Å². The summed E-state index contributed by atoms with van der Waals surface area (Å²) in [5, 5.41) is 14.2. The van der Waals surface area contributed by atoms with Crippen molar-refractivity contribution in [2.75, 3.05) is 26.3 Å². The lowest BCUT2D eigenvalue weighted by Gasteiger charge is -2.41. The van der Waals surface area contributed by atoms with E-state index in [4.69, 9.17) is 32.7 Å². The highest BCUT2D eigenvalue weighted by Crippen LogP contribution is 2.25. The summed E-state index contributed by atoms with van der Waals surface area (Å²) in [5.41, 5.74) is 4.46. The van der Waals surface area contributed by atoms with Crippen LogP contribution in [-0.4, -0.2) is 65.2 Å². The molecule has 2 N–H and O–H groups in total. The molecule has 5 rings (SSSR count). The predicted octanol–water partition coefficient (Wildman–Crippen LogP) is 4.66. The standard InChI is InChI=1S/C29H35BCl2N4O3/c1-30(37)36-13-11-25(36)19-39-27-15-23(29(32)35-17-27)9-7-21-4-2-20(3-5-21)6-8-22-14-26(16-34-28(22)31)38-18-24-10-12-33-24/h2-5,14-17,24-25,33,37H,6-13,18-19H2,1H3/t24-,25+/m0/s1. The lowest BCUT2D eigenvalue weighted by Crippen LogP contribution is -2.57. The third-order valence-electron chi connectivity index (χ3n) is 7.65. The van der Waals surface area contributed by atoms with Crippen LogP contribution < -0.4 is 14.8 Å². The van der Waals surface area contributed by atoms with E-state index in [-0.39, 0.29) is 6.04 Å². The molecular formula is C29H35BCl2N4O3. The van der Waals surface area contributed by atoms with Crippen molar-refractivity contribution in [2.24, 2.45) is 0 Å². The second-order valence-corrected chi connectivity index (χ2v) is 11.1. The molecule has 0 saturated carbocycles. The Kier molecular flexibility index (Phi) is 9.64. The second-order valence-electron chi connectivity index (χ2n) is 10.4. The normalized spacial score (nSPS) is 18.8. The minimum Gasteiger partial charge on any atom is -0.490 e. The topological polar surface area (TPSA) is 79.7 Å². The summed E-state index contributed by atoms with van der Waals surface area (Å²) in [6.45, 7) is 4.95. The molecule has 10 heteroatoms. The van der Waals surface area contributed by atoms with Crippen LogP contribution in [0.5, 0.6) is 11.5 Å². The molecular weight excluding hydrogens is 534 g/mol. The maximum atomic E-state index is 9.79. The number of nitrogens with one attached hydrogen (secondary N) is 1. The first-order valence-corrected chi connectivity index (χ1v) is 14.5. The molecule has 4 heterocycles. The van der Waals surface area contributed by atoms with Crippen LogP contribution in [0, 0.1) is 0 Å². The number of nitrogens with zero attached hydrogens (tertiary/aromatic N) is 3. The summed E-state index contributed by atoms with van der Waals surface area (Å²) < 4.78 is 11.8. The molecule has 2 aliphatic rings. The number of ether oxygens (including phenoxy) is 2. The van der Waals surface area contributed by atoms with Crippen molar-refractivity contribution < 1.29 is 14.5 Å². The average molecular weight is 569 g/mol. The summed E-state index contributed by atoms with van der Waals surface area (Å²) in [4.78, 5) is 10.7. The first-order chi connectivity index (χ1) is 18.9. The molecule has 2 saturated heterocycles. The molecule has 7 nitrogen and oxygen atoms in total. The summed E-state index contributed by atoms with van der Waals surface area (Å²) in [5.74, 6) is 1.48. The van der Waals surface area contributed by atoms with Crippen LogP contribution in [0.4, 0.5) is 0 Å². The van der Waals surface area contributed by atoms with Crippen LogP contribution in [0.3, 0.4) is 0 Å². The fraction of sp³-hybridized carbons (Fsp3) is 0.448. The number of pyridine rings is 2. The first-order valence-electron chi connectivity index (χ1n) is 13.7. The van der Waals surface area contributed by atoms with E-state index in [1.807, 2.05) is 16.9 Å². The molecule has 1 aromatic carbocycles. The van der Waals surface area contributed by atoms with Crippen LogP contribution in [0.25, 0.3) is 0 Å². The van der Waals surface area contributed by atoms with Gasteiger partial charge in [-0.2, -0.15) is 0 Å². The first kappa shape index (κ1) is 28.2. The van der Waals surface area contributed by atoms with Crippen molar-refractivity contribution >= 4 is 30.3 Å². The minimum atomic E-state index is -0.447. The van der Waals surface area contributed by atoms with Gasteiger partial charge in [0.2, 0.25) is 0 Å². The SMILES string of the molecule is CB(O)N1CC[C@@H]1COc1cnc(Cl)c(CCc2ccc(CCc3cc(OC[C@@H]4CCN4)cnc3Cl)cc2)c1. The van der Waals surface area contributed by atoms with Gasteiger partial charge in [0.25, 0.3) is 0 Å². The number of benzene rings is 1. The highest BCUT2D eigenvalue weighted by molar-refractivity contribution is 6.45. The Morgan fingerprint density at radius 2 is 1.44 bits per heavy atom. The zero-order valence-corrected chi connectivity index (χ0v) is 23.8. The van der Waals surface area contributed by atoms with E-state index in [1.165, 1.54) is 11.1 Å². The zero-order valence-electron chi connectivity index (χ0n) is 22.3. The largest absolute Gasteiger partial charge is 0.490 e. The third-order valence-corrected chi connectivity index (χ3v) is 8.33. The van der Waals surface area contributed by atoms with Gasteiger partial charge in [-0.05, 0) is 92.8 Å². The molecule has 0 radical (unpaired) electrons. The number of halogens is 2. The maximum absolute atomic E-state index is 9.79. The minimum absolute atomic E-state index is 0.238. The van der Waals surface area contributed by atoms with Crippen molar-refractivity contribution in [1.82, 2.24) is 20.1 Å². The van der Waals surface area contributed by atoms with E-state index in [9.17, 15) is 5.02 Å². The smallest absolute Gasteiger partial charge is 0.376 e. The molecule has 3 aromatic rings. The van der Waals surface area contributed by atoms with Gasteiger partial charge < -0.3 is 24.6 Å². The summed E-state index contributed by atoms with van der Waals surface area (Å²) >= 11 is 12.7. The Morgan fingerprint density at radius 1 is 0.897 bits per heavy atom. The molecule has 0 bridgehead atoms. The van der Waals surface area contributed by atoms with Crippen LogP contribution in [0.2, 0.25) is 17.1 Å². The molecule has 0 amide bonds. The molecule has 0 aliphatic carbocycles. The van der Waals surface area contributed by atoms with Crippen LogP contribution >= 0.6 is 23.2 Å². The molecule has 0 unspecified atom stereocenters. The number of hydrogen-bond acceptors (Lipinski definition) is 7. The van der Waals surface area contributed by atoms with Gasteiger partial charge >= 0.3 is 7.05 Å². The van der Waals surface area contributed by atoms with E-state index in [1.54, 1.807) is 19.2 Å². The van der Waals surface area contributed by atoms with Gasteiger partial charge in [-0.1, -0.05) is 47.5 Å². The van der Waals surface area contributed by atoms with E-state index in [0.717, 1.165) is 68.5 Å². The molecule has 2 fully saturated rings. The number of rotatable bonds is 13. The Hall–Kier alpha value is -2.36. The van der Waals surface area contributed by atoms with E-state index in [0.29, 0.717) is 35.3 Å². The van der Waals surface area contributed by atoms with Gasteiger partial charge in [-0.15, -0.1) is 0 Å². The molecule has 206 valence electrons. The molecule has 0 spiro atoms. The Morgan fingerprint density at radius 3 is 1.87 bits per heavy atom. The average Bonchev–Trinajstić information content (AvgIpc) is 2.88. The fourth-order valence-corrected chi connectivity index (χ4v) is 5.29. The van der Waals surface area contributed by atoms with Crippen molar-refractivity contribution in [3.8, 4) is 11.5 Å². The van der Waals surface area contributed by atoms with Crippen molar-refractivity contribution in [2.45, 2.75) is 57.4 Å². The quantitative estimate of drug-likeness (QED) is 0.229. The van der Waals surface area contributed by atoms with Crippen molar-refractivity contribution in [3.05, 3.63) is 81.4 Å². The number of aromatic nitrogens is 2. The maximum Gasteiger partial charge on any atom is 0.376 e. The molecule has 2 aliphatic heterocycles. The van der Waals surface area contributed by atoms with Gasteiger partial charge in [0.1, 0.15) is 35.0 Å². The summed E-state index contributed by atoms with van der Waals surface area (Å²) in [7, 11) is -0.447. The summed E-state index contributed by atoms with van der Waals surface area (Å²) in [6.07, 6.45) is 8.84. The number of aryl methyl sites for hydroxylation is 4. The summed E-state index contributed by atoms with van der Waals surface area (Å²) in [6, 6.07) is 13.3. The Bertz CT molecular complexity index is 1240. The molecule has 39 heavy (non-hydrogen) atoms. The van der Waals surface area contributed by atoms with E-state index < -0.39 is 7.05 Å². The highest BCUT2D eigenvalue weighted by atomic mass is 35.5. The second kappa shape index (κ2) is 13.3. The monoisotopic (exact) mass is 568 g/mol. The Balaban J connectivity index is 1.10. The zero-order chi connectivity index (χ0) is 27.2. The van der Waals surface area contributed by atoms with Crippen LogP contribution in [0.15, 0.2) is 48.8 Å². The molecule has 2 aromatic heterocycles. The van der Waals surface area contributed by atoms with E-state index >= 15 is 0 Å². The lowest BCUT2D eigenvalue weighted by molar-refractivity contribution is 0.110. The number of hydrogen-bond donors (Lipinski definition) is 2. The van der Waals surface area contributed by atoms with Gasteiger partial charge in [-0.25, -0.2) is 9.97 Å². The van der Waals surface area contributed by atoms with Gasteiger partial charge in [-0.3, -0.25) is 0 Å². The third kappa shape index (κ3) is 7.65. The van der Waals surface area contributed by atoms with Gasteiger partial charge in [0.05, 0.1) is 12.4 Å². The fourth-order valence-electron chi connectivity index (χ4n) is 4.89. The molecule has 2 atom stereocenters. The van der Waals surface area contributed by atoms with Crippen molar-refractivity contribution in [3.63, 3.8) is 0 Å². The van der Waals surface area contributed by atoms with E-state index in [2.05, 4.69) is 39.6 Å². The van der Waals surface area contributed by atoms with Crippen molar-refractivity contribution in [1.29, 1.82) is 0 Å². The van der Waals surface area contributed by atoms with Crippen LogP contribution in [-0.2, 0) is 25.7 Å².